The topological polar surface area (TPSA) is 209 Å². The Hall–Kier alpha value is -5.33. The number of nitrogens with zero attached hydrogens (tertiary/aromatic N) is 5. The number of carbonyl (C=O) groups is 7. The number of esters is 1. The summed E-state index contributed by atoms with van der Waals surface area (Å²) in [5.41, 5.74) is 1.94. The number of likely N-dealkylation sites (N-methyl/N-ethyl adjacent to an activating group) is 2. The number of piperidine rings is 1. The number of benzene rings is 1. The maximum absolute atomic E-state index is 14.3. The highest BCUT2D eigenvalue weighted by Crippen LogP contribution is 2.31. The maximum Gasteiger partial charge on any atom is 0.303 e. The Bertz CT molecular complexity index is 2120. The number of aromatic nitrogens is 1. The van der Waals surface area contributed by atoms with Gasteiger partial charge in [0.1, 0.15) is 16.7 Å². The van der Waals surface area contributed by atoms with Crippen molar-refractivity contribution < 1.29 is 43.0 Å². The summed E-state index contributed by atoms with van der Waals surface area (Å²) >= 11 is 1.16. The van der Waals surface area contributed by atoms with Crippen molar-refractivity contribution in [3.05, 3.63) is 64.1 Å². The first-order chi connectivity index (χ1) is 31.5. The van der Waals surface area contributed by atoms with Gasteiger partial charge in [-0.1, -0.05) is 70.9 Å². The lowest BCUT2D eigenvalue weighted by Crippen LogP contribution is -2.58. The molecule has 67 heavy (non-hydrogen) atoms. The summed E-state index contributed by atoms with van der Waals surface area (Å²) in [5, 5.41) is 12.5. The van der Waals surface area contributed by atoms with Gasteiger partial charge in [0.05, 0.1) is 35.4 Å². The zero-order chi connectivity index (χ0) is 49.8. The van der Waals surface area contributed by atoms with Crippen LogP contribution in [0.4, 0.5) is 0 Å². The van der Waals surface area contributed by atoms with Crippen LogP contribution in [0, 0.1) is 17.3 Å². The van der Waals surface area contributed by atoms with Gasteiger partial charge in [-0.05, 0) is 84.9 Å². The maximum atomic E-state index is 14.3. The standard InChI is InChI=1S/C49H72N8O9S/c1-13-31(4)41(52-44(62)36-21-17-18-25-55(36)11)46(63)56(12)37(30(2)3)27-38(66-33(6)58)45-51-35(28-67-45)43(61)50-32(5)42(34-19-15-14-16-20-34)53-54-47(64)48(7,8)29-65-49(9,10)24-26-57-39(59)22-23-40(57)60/h14-16,19-20,22-23,28,30-32,36-38,41H,13,17-18,21,24-27,29H2,1-12H3,(H,50,61)(H,52,62)(H,54,64)/t31-,32+,36+,37?,38+,41-/m0/s1. The molecule has 6 amide bonds. The van der Waals surface area contributed by atoms with Crippen molar-refractivity contribution >= 4 is 58.5 Å². The number of ether oxygens (including phenoxy) is 2. The minimum Gasteiger partial charge on any atom is -0.455 e. The van der Waals surface area contributed by atoms with Crippen LogP contribution in [0.2, 0.25) is 0 Å². The Morgan fingerprint density at radius 1 is 0.985 bits per heavy atom. The first-order valence-electron chi connectivity index (χ1n) is 23.3. The molecule has 17 nitrogen and oxygen atoms in total. The van der Waals surface area contributed by atoms with Gasteiger partial charge >= 0.3 is 5.97 Å². The van der Waals surface area contributed by atoms with Crippen molar-refractivity contribution in [2.24, 2.45) is 22.4 Å². The minimum absolute atomic E-state index is 0.00858. The van der Waals surface area contributed by atoms with Crippen LogP contribution in [0.3, 0.4) is 0 Å². The third kappa shape index (κ3) is 15.1. The lowest BCUT2D eigenvalue weighted by molar-refractivity contribution is -0.149. The van der Waals surface area contributed by atoms with Crippen molar-refractivity contribution in [3.8, 4) is 0 Å². The van der Waals surface area contributed by atoms with Gasteiger partial charge in [0, 0.05) is 50.5 Å². The number of thiazole rings is 1. The highest BCUT2D eigenvalue weighted by atomic mass is 32.1. The largest absolute Gasteiger partial charge is 0.455 e. The number of likely N-dealkylation sites (tertiary alicyclic amines) is 1. The number of imide groups is 1. The van der Waals surface area contributed by atoms with Gasteiger partial charge in [-0.3, -0.25) is 43.4 Å². The summed E-state index contributed by atoms with van der Waals surface area (Å²) in [5.74, 6) is -2.87. The summed E-state index contributed by atoms with van der Waals surface area (Å²) < 4.78 is 12.0. The molecule has 1 unspecified atom stereocenters. The van der Waals surface area contributed by atoms with E-state index in [9.17, 15) is 33.6 Å². The van der Waals surface area contributed by atoms with Crippen LogP contribution in [-0.4, -0.2) is 130 Å². The van der Waals surface area contributed by atoms with Gasteiger partial charge in [-0.25, -0.2) is 10.4 Å². The second kappa shape index (κ2) is 24.1. The van der Waals surface area contributed by atoms with E-state index in [-0.39, 0.29) is 66.8 Å². The molecule has 2 aliphatic heterocycles. The number of hydrogen-bond donors (Lipinski definition) is 3. The summed E-state index contributed by atoms with van der Waals surface area (Å²) in [7, 11) is 3.65. The number of carbonyl (C=O) groups excluding carboxylic acids is 7. The lowest BCUT2D eigenvalue weighted by atomic mass is 9.92. The van der Waals surface area contributed by atoms with E-state index in [4.69, 9.17) is 9.47 Å². The number of nitrogens with one attached hydrogen (secondary N) is 3. The normalized spacial score (nSPS) is 18.3. The van der Waals surface area contributed by atoms with E-state index >= 15 is 0 Å². The molecule has 3 heterocycles. The fraction of sp³-hybridized carbons (Fsp3) is 0.612. The molecule has 3 N–H and O–H groups in total. The number of hydrazone groups is 1. The monoisotopic (exact) mass is 949 g/mol. The van der Waals surface area contributed by atoms with E-state index in [2.05, 4.69) is 26.1 Å². The van der Waals surface area contributed by atoms with Gasteiger partial charge in [0.2, 0.25) is 17.7 Å². The van der Waals surface area contributed by atoms with Crippen LogP contribution < -0.4 is 16.1 Å². The molecule has 0 aliphatic carbocycles. The lowest BCUT2D eigenvalue weighted by Gasteiger charge is -2.38. The Balaban J connectivity index is 1.47. The molecule has 2 aliphatic rings. The molecule has 1 saturated heterocycles. The Morgan fingerprint density at radius 3 is 2.24 bits per heavy atom. The van der Waals surface area contributed by atoms with E-state index in [1.807, 2.05) is 83.8 Å². The molecule has 18 heteroatoms. The summed E-state index contributed by atoms with van der Waals surface area (Å²) in [6.07, 6.45) is 5.52. The molecule has 1 aromatic carbocycles. The Labute approximate surface area is 399 Å². The molecule has 1 fully saturated rings. The highest BCUT2D eigenvalue weighted by Gasteiger charge is 2.38. The predicted octanol–water partition coefficient (Wildman–Crippen LogP) is 5.41. The third-order valence-corrected chi connectivity index (χ3v) is 13.6. The number of amides is 6. The van der Waals surface area contributed by atoms with E-state index in [0.717, 1.165) is 42.0 Å². The average Bonchev–Trinajstić information content (AvgIpc) is 3.91. The second-order valence-corrected chi connectivity index (χ2v) is 20.3. The van der Waals surface area contributed by atoms with Crippen LogP contribution in [0.5, 0.6) is 0 Å². The zero-order valence-corrected chi connectivity index (χ0v) is 42.2. The van der Waals surface area contributed by atoms with Crippen molar-refractivity contribution in [1.29, 1.82) is 0 Å². The van der Waals surface area contributed by atoms with Gasteiger partial charge in [-0.15, -0.1) is 11.3 Å². The molecule has 0 spiro atoms. The van der Waals surface area contributed by atoms with Crippen molar-refractivity contribution in [1.82, 2.24) is 35.7 Å². The SMILES string of the molecule is CC[C@H](C)[C@H](NC(=O)[C@H]1CCCCN1C)C(=O)N(C)C(C[C@@H](OC(C)=O)c1nc(C(=O)N[C@H](C)C(=NNC(=O)C(C)(C)COC(C)(C)CCN2C(=O)C=CC2=O)c2ccccc2)cs1)C(C)C. The van der Waals surface area contributed by atoms with Gasteiger partial charge < -0.3 is 25.0 Å². The first kappa shape index (κ1) is 54.3. The van der Waals surface area contributed by atoms with Crippen molar-refractivity contribution in [2.75, 3.05) is 33.8 Å². The number of rotatable bonds is 23. The molecular weight excluding hydrogens is 877 g/mol. The van der Waals surface area contributed by atoms with Crippen LogP contribution in [-0.2, 0) is 38.2 Å². The summed E-state index contributed by atoms with van der Waals surface area (Å²) in [6, 6.07) is 6.87. The molecule has 1 aromatic heterocycles. The first-order valence-corrected chi connectivity index (χ1v) is 24.2. The van der Waals surface area contributed by atoms with E-state index in [0.29, 0.717) is 29.1 Å². The second-order valence-electron chi connectivity index (χ2n) is 19.4. The van der Waals surface area contributed by atoms with E-state index in [1.54, 1.807) is 38.1 Å². The number of hydrogen-bond acceptors (Lipinski definition) is 13. The van der Waals surface area contributed by atoms with Gasteiger partial charge in [0.15, 0.2) is 6.10 Å². The summed E-state index contributed by atoms with van der Waals surface area (Å²) in [4.78, 5) is 101. The minimum atomic E-state index is -1.06. The summed E-state index contributed by atoms with van der Waals surface area (Å²) in [6.45, 7) is 19.0. The average molecular weight is 949 g/mol. The molecule has 2 aromatic rings. The van der Waals surface area contributed by atoms with Crippen LogP contribution >= 0.6 is 11.3 Å². The van der Waals surface area contributed by atoms with Crippen molar-refractivity contribution in [3.63, 3.8) is 0 Å². The van der Waals surface area contributed by atoms with Crippen molar-refractivity contribution in [2.45, 2.75) is 144 Å². The zero-order valence-electron chi connectivity index (χ0n) is 41.3. The van der Waals surface area contributed by atoms with Gasteiger partial charge in [-0.2, -0.15) is 5.10 Å². The highest BCUT2D eigenvalue weighted by molar-refractivity contribution is 7.09. The van der Waals surface area contributed by atoms with Crippen LogP contribution in [0.15, 0.2) is 53.0 Å². The molecule has 6 atom stereocenters. The molecule has 0 radical (unpaired) electrons. The fourth-order valence-electron chi connectivity index (χ4n) is 7.93. The fourth-order valence-corrected chi connectivity index (χ4v) is 8.76. The van der Waals surface area contributed by atoms with E-state index in [1.165, 1.54) is 19.1 Å². The Morgan fingerprint density at radius 2 is 1.64 bits per heavy atom. The molecule has 0 saturated carbocycles. The predicted molar refractivity (Wildman–Crippen MR) is 257 cm³/mol. The molecule has 368 valence electrons. The van der Waals surface area contributed by atoms with E-state index < -0.39 is 53.0 Å². The van der Waals surface area contributed by atoms with Crippen LogP contribution in [0.1, 0.15) is 135 Å². The molecule has 0 bridgehead atoms. The molecular formula is C49H72N8O9S. The molecule has 4 rings (SSSR count). The quantitative estimate of drug-likeness (QED) is 0.0555. The smallest absolute Gasteiger partial charge is 0.303 e. The Kier molecular flexibility index (Phi) is 19.5. The van der Waals surface area contributed by atoms with Crippen LogP contribution in [0.25, 0.3) is 0 Å². The third-order valence-electron chi connectivity index (χ3n) is 12.6. The van der Waals surface area contributed by atoms with Gasteiger partial charge in [0.25, 0.3) is 17.7 Å².